The first-order chi connectivity index (χ1) is 18.4. The van der Waals surface area contributed by atoms with Crippen LogP contribution < -0.4 is 10.6 Å². The summed E-state index contributed by atoms with van der Waals surface area (Å²) in [5.41, 5.74) is 9.35. The molecule has 5 nitrogen and oxygen atoms in total. The first kappa shape index (κ1) is 31.6. The molecule has 5 heteroatoms. The molecule has 0 saturated carbocycles. The lowest BCUT2D eigenvalue weighted by atomic mass is 9.95. The van der Waals surface area contributed by atoms with E-state index in [2.05, 4.69) is 91.9 Å². The second kappa shape index (κ2) is 15.1. The molecule has 1 saturated heterocycles. The second-order valence-corrected chi connectivity index (χ2v) is 9.83. The number of nitrogens with zero attached hydrogens (tertiary/aromatic N) is 3. The van der Waals surface area contributed by atoms with Crippen molar-refractivity contribution in [3.8, 4) is 11.3 Å². The van der Waals surface area contributed by atoms with Crippen LogP contribution in [0.25, 0.3) is 23.4 Å². The van der Waals surface area contributed by atoms with Crippen LogP contribution in [0.5, 0.6) is 0 Å². The molecule has 2 N–H and O–H groups in total. The van der Waals surface area contributed by atoms with Crippen molar-refractivity contribution in [1.82, 2.24) is 15.2 Å². The number of dihydropyridines is 1. The summed E-state index contributed by atoms with van der Waals surface area (Å²) in [5, 5.41) is 6.79. The van der Waals surface area contributed by atoms with Gasteiger partial charge in [0, 0.05) is 56.7 Å². The zero-order valence-electron chi connectivity index (χ0n) is 24.2. The topological polar surface area (TPSA) is 52.6 Å². The molecule has 3 heterocycles. The number of benzene rings is 1. The summed E-state index contributed by atoms with van der Waals surface area (Å²) >= 11 is 0. The molecule has 0 bridgehead atoms. The van der Waals surface area contributed by atoms with Crippen LogP contribution in [0.4, 0.5) is 5.69 Å². The van der Waals surface area contributed by atoms with Gasteiger partial charge in [0.1, 0.15) is 5.84 Å². The minimum Gasteiger partial charge on any atom is -0.388 e. The lowest BCUT2D eigenvalue weighted by molar-refractivity contribution is 0.341. The maximum atomic E-state index is 4.98. The van der Waals surface area contributed by atoms with Crippen molar-refractivity contribution in [1.29, 1.82) is 0 Å². The van der Waals surface area contributed by atoms with Crippen molar-refractivity contribution in [2.45, 2.75) is 61.3 Å². The number of hydrogen-bond donors (Lipinski definition) is 2. The van der Waals surface area contributed by atoms with E-state index in [1.54, 1.807) is 0 Å². The molecule has 0 spiro atoms. The Morgan fingerprint density at radius 3 is 2.51 bits per heavy atom. The number of aromatic nitrogens is 1. The van der Waals surface area contributed by atoms with Crippen LogP contribution in [-0.4, -0.2) is 42.4 Å². The van der Waals surface area contributed by atoms with Crippen LogP contribution in [0.2, 0.25) is 0 Å². The van der Waals surface area contributed by atoms with Crippen molar-refractivity contribution < 1.29 is 1.43 Å². The molecule has 1 aromatic heterocycles. The Hall–Kier alpha value is -3.60. The molecule has 212 valence electrons. The average molecular weight is 530 g/mol. The van der Waals surface area contributed by atoms with E-state index in [-0.39, 0.29) is 8.85 Å². The van der Waals surface area contributed by atoms with E-state index in [1.165, 1.54) is 30.4 Å². The van der Waals surface area contributed by atoms with Gasteiger partial charge in [0.15, 0.2) is 0 Å². The maximum absolute atomic E-state index is 4.98. The Kier molecular flexibility index (Phi) is 12.2. The largest absolute Gasteiger partial charge is 0.388 e. The minimum absolute atomic E-state index is 0. The van der Waals surface area contributed by atoms with Crippen LogP contribution in [0.3, 0.4) is 0 Å². The minimum atomic E-state index is 0. The number of allylic oxidation sites excluding steroid dienone is 2. The number of aliphatic imine (C=N–C) groups is 1. The maximum Gasteiger partial charge on any atom is 0.123 e. The molecule has 2 aliphatic rings. The summed E-state index contributed by atoms with van der Waals surface area (Å²) in [6, 6.07) is 10.5. The highest BCUT2D eigenvalue weighted by Gasteiger charge is 2.21. The Morgan fingerprint density at radius 2 is 1.85 bits per heavy atom. The summed E-state index contributed by atoms with van der Waals surface area (Å²) in [4.78, 5) is 12.2. The van der Waals surface area contributed by atoms with Gasteiger partial charge in [0.2, 0.25) is 0 Å². The molecule has 0 radical (unpaired) electrons. The second-order valence-electron chi connectivity index (χ2n) is 9.83. The van der Waals surface area contributed by atoms with E-state index in [1.807, 2.05) is 27.0 Å². The fourth-order valence-electron chi connectivity index (χ4n) is 4.89. The zero-order valence-corrected chi connectivity index (χ0v) is 24.2. The first-order valence-electron chi connectivity index (χ1n) is 14.0. The van der Waals surface area contributed by atoms with Gasteiger partial charge in [-0.25, -0.2) is 4.98 Å². The van der Waals surface area contributed by atoms with Gasteiger partial charge in [0.25, 0.3) is 0 Å². The van der Waals surface area contributed by atoms with Crippen LogP contribution in [0.1, 0.15) is 72.6 Å². The number of hydrogen-bond acceptors (Lipinski definition) is 5. The van der Waals surface area contributed by atoms with E-state index >= 15 is 0 Å². The van der Waals surface area contributed by atoms with E-state index in [0.29, 0.717) is 5.92 Å². The SMILES string of the molecule is C.C=Cc1ccc(-c2ccc(C)c(NC)c2)nc1/C=C(\C)NC(=C)C1=CC(N2CCCCC2)=NCC1C.CC.[HH]. The molecule has 39 heavy (non-hydrogen) atoms. The summed E-state index contributed by atoms with van der Waals surface area (Å²) < 4.78 is 0. The van der Waals surface area contributed by atoms with Gasteiger partial charge in [0.05, 0.1) is 11.4 Å². The number of nitrogens with one attached hydrogen (secondary N) is 2. The Bertz CT molecular complexity index is 1230. The molecule has 1 unspecified atom stereocenters. The van der Waals surface area contributed by atoms with E-state index in [4.69, 9.17) is 9.98 Å². The fourth-order valence-corrected chi connectivity index (χ4v) is 4.89. The molecule has 1 atom stereocenters. The lowest BCUT2D eigenvalue weighted by Gasteiger charge is -2.32. The number of piperidine rings is 1. The van der Waals surface area contributed by atoms with Crippen LogP contribution >= 0.6 is 0 Å². The van der Waals surface area contributed by atoms with Crippen LogP contribution in [0.15, 0.2) is 71.5 Å². The van der Waals surface area contributed by atoms with E-state index < -0.39 is 0 Å². The Morgan fingerprint density at radius 1 is 1.13 bits per heavy atom. The standard InChI is InChI=1S/C31H39N5.C2H6.CH4.H2/c1-7-25-13-14-28(26-12-11-21(2)29(18-26)32-6)35-30(25)17-23(4)34-24(5)27-19-31(33-20-22(27)3)36-15-9-8-10-16-36;1-2;;/h7,11-14,17-19,22,32,34H,1,5,8-10,15-16,20H2,2-4,6H3;1-2H3;1H4;1H/b23-17+;;;. The van der Waals surface area contributed by atoms with Gasteiger partial charge in [-0.2, -0.15) is 0 Å². The normalized spacial score (nSPS) is 17.0. The van der Waals surface area contributed by atoms with Crippen molar-refractivity contribution in [3.05, 3.63) is 83.4 Å². The summed E-state index contributed by atoms with van der Waals surface area (Å²) in [6.07, 6.45) is 9.97. The monoisotopic (exact) mass is 529 g/mol. The number of anilines is 1. The number of rotatable bonds is 7. The van der Waals surface area contributed by atoms with Crippen LogP contribution in [0, 0.1) is 12.8 Å². The number of likely N-dealkylation sites (tertiary alicyclic amines) is 1. The molecule has 0 amide bonds. The Balaban J connectivity index is 0.00000196. The van der Waals surface area contributed by atoms with E-state index in [0.717, 1.165) is 65.1 Å². The summed E-state index contributed by atoms with van der Waals surface area (Å²) in [6.45, 7) is 21.8. The number of aryl methyl sites for hydroxylation is 1. The molecule has 0 aliphatic carbocycles. The fraction of sp³-hybridized carbons (Fsp3) is 0.412. The zero-order chi connectivity index (χ0) is 27.7. The quantitative estimate of drug-likeness (QED) is 0.377. The molecular formula is C34H51N5. The van der Waals surface area contributed by atoms with Crippen molar-refractivity contribution >= 4 is 23.7 Å². The van der Waals surface area contributed by atoms with Crippen LogP contribution in [-0.2, 0) is 0 Å². The van der Waals surface area contributed by atoms with Gasteiger partial charge >= 0.3 is 0 Å². The highest BCUT2D eigenvalue weighted by atomic mass is 15.2. The van der Waals surface area contributed by atoms with Crippen molar-refractivity contribution in [2.24, 2.45) is 10.9 Å². The molecule has 1 aromatic carbocycles. The molecule has 2 aromatic rings. The average Bonchev–Trinajstić information content (AvgIpc) is 2.95. The predicted molar refractivity (Wildman–Crippen MR) is 175 cm³/mol. The highest BCUT2D eigenvalue weighted by Crippen LogP contribution is 2.27. The molecule has 2 aliphatic heterocycles. The molecular weight excluding hydrogens is 478 g/mol. The highest BCUT2D eigenvalue weighted by molar-refractivity contribution is 5.95. The van der Waals surface area contributed by atoms with Gasteiger partial charge in [-0.15, -0.1) is 0 Å². The lowest BCUT2D eigenvalue weighted by Crippen LogP contribution is -2.37. The Labute approximate surface area is 239 Å². The number of pyridine rings is 1. The summed E-state index contributed by atoms with van der Waals surface area (Å²) in [5.74, 6) is 1.44. The van der Waals surface area contributed by atoms with Gasteiger partial charge < -0.3 is 15.5 Å². The number of amidine groups is 1. The third-order valence-electron chi connectivity index (χ3n) is 7.05. The first-order valence-corrected chi connectivity index (χ1v) is 14.0. The van der Waals surface area contributed by atoms with Gasteiger partial charge in [-0.3, -0.25) is 4.99 Å². The third kappa shape index (κ3) is 7.95. The van der Waals surface area contributed by atoms with Gasteiger partial charge in [-0.1, -0.05) is 65.6 Å². The third-order valence-corrected chi connectivity index (χ3v) is 7.05. The van der Waals surface area contributed by atoms with Gasteiger partial charge in [-0.05, 0) is 74.1 Å². The molecule has 1 fully saturated rings. The smallest absolute Gasteiger partial charge is 0.123 e. The van der Waals surface area contributed by atoms with Crippen molar-refractivity contribution in [3.63, 3.8) is 0 Å². The summed E-state index contributed by atoms with van der Waals surface area (Å²) in [7, 11) is 1.94. The molecule has 4 rings (SSSR count). The predicted octanol–water partition coefficient (Wildman–Crippen LogP) is 8.57. The van der Waals surface area contributed by atoms with E-state index in [9.17, 15) is 0 Å². The van der Waals surface area contributed by atoms with Crippen molar-refractivity contribution in [2.75, 3.05) is 32.0 Å².